The van der Waals surface area contributed by atoms with E-state index in [1.54, 1.807) is 4.90 Å². The second-order valence-corrected chi connectivity index (χ2v) is 6.73. The van der Waals surface area contributed by atoms with Crippen LogP contribution in [0.2, 0.25) is 0 Å². The number of hydrogen-bond acceptors (Lipinski definition) is 3. The number of carbonyl (C=O) groups excluding carboxylic acids is 1. The molecule has 0 unspecified atom stereocenters. The van der Waals surface area contributed by atoms with Crippen LogP contribution in [0.4, 0.5) is 4.79 Å². The lowest BCUT2D eigenvalue weighted by atomic mass is 9.85. The largest absolute Gasteiger partial charge is 0.438 e. The normalized spacial score (nSPS) is 21.7. The van der Waals surface area contributed by atoms with Crippen molar-refractivity contribution in [3.63, 3.8) is 0 Å². The average Bonchev–Trinajstić information content (AvgIpc) is 2.63. The molecule has 1 aliphatic heterocycles. The molecule has 0 saturated carbocycles. The minimum Gasteiger partial charge on any atom is -0.438 e. The number of carbonyl (C=O) groups is 1. The van der Waals surface area contributed by atoms with Crippen LogP contribution < -0.4 is 5.46 Å². The maximum absolute atomic E-state index is 12.8. The molecule has 0 spiro atoms. The predicted octanol–water partition coefficient (Wildman–Crippen LogP) is 2.13. The summed E-state index contributed by atoms with van der Waals surface area (Å²) >= 11 is 0. The number of cyclic esters (lactones) is 1. The molecule has 3 rings (SSSR count). The molecule has 1 N–H and O–H groups in total. The van der Waals surface area contributed by atoms with E-state index in [9.17, 15) is 9.90 Å². The standard InChI is InChI=1S/C20H24BNO3/c1-15(16-7-9-18(21)10-8-16)22-13-11-20(12-14-23,25-19(22)24)17-5-3-2-4-6-17/h2-10,15,23H,11-14,21H2,1H3/t15-,20-/m0/s1. The summed E-state index contributed by atoms with van der Waals surface area (Å²) in [7, 11) is 2.05. The van der Waals surface area contributed by atoms with Gasteiger partial charge < -0.3 is 14.7 Å². The Morgan fingerprint density at radius 1 is 1.20 bits per heavy atom. The van der Waals surface area contributed by atoms with Crippen LogP contribution in [0.3, 0.4) is 0 Å². The zero-order valence-corrected chi connectivity index (χ0v) is 14.8. The fraction of sp³-hybridized carbons (Fsp3) is 0.350. The molecule has 1 fully saturated rings. The minimum absolute atomic E-state index is 0.0182. The van der Waals surface area contributed by atoms with Gasteiger partial charge >= 0.3 is 6.09 Å². The van der Waals surface area contributed by atoms with Gasteiger partial charge in [-0.3, -0.25) is 0 Å². The Balaban J connectivity index is 1.81. The van der Waals surface area contributed by atoms with Crippen molar-refractivity contribution in [2.24, 2.45) is 0 Å². The van der Waals surface area contributed by atoms with Crippen LogP contribution in [0.15, 0.2) is 54.6 Å². The number of aliphatic hydroxyl groups excluding tert-OH is 1. The maximum Gasteiger partial charge on any atom is 0.411 e. The van der Waals surface area contributed by atoms with Crippen LogP contribution in [0.5, 0.6) is 0 Å². The summed E-state index contributed by atoms with van der Waals surface area (Å²) < 4.78 is 5.91. The third-order valence-corrected chi connectivity index (χ3v) is 5.12. The highest BCUT2D eigenvalue weighted by molar-refractivity contribution is 6.32. The molecule has 2 atom stereocenters. The van der Waals surface area contributed by atoms with Gasteiger partial charge in [0.15, 0.2) is 0 Å². The Morgan fingerprint density at radius 3 is 2.48 bits per heavy atom. The van der Waals surface area contributed by atoms with Crippen molar-refractivity contribution in [1.82, 2.24) is 4.90 Å². The van der Waals surface area contributed by atoms with E-state index in [0.717, 1.165) is 11.1 Å². The van der Waals surface area contributed by atoms with Gasteiger partial charge in [0.25, 0.3) is 0 Å². The van der Waals surface area contributed by atoms with E-state index < -0.39 is 5.60 Å². The summed E-state index contributed by atoms with van der Waals surface area (Å²) in [5.41, 5.74) is 2.50. The Morgan fingerprint density at radius 2 is 1.88 bits per heavy atom. The monoisotopic (exact) mass is 337 g/mol. The van der Waals surface area contributed by atoms with E-state index in [1.165, 1.54) is 5.46 Å². The average molecular weight is 337 g/mol. The SMILES string of the molecule is Bc1ccc([C@H](C)N2CC[C@](CCO)(c3ccccc3)OC2=O)cc1. The predicted molar refractivity (Wildman–Crippen MR) is 101 cm³/mol. The first-order valence-corrected chi connectivity index (χ1v) is 8.78. The van der Waals surface area contributed by atoms with E-state index in [2.05, 4.69) is 24.3 Å². The summed E-state index contributed by atoms with van der Waals surface area (Å²) in [6.07, 6.45) is 0.756. The molecule has 0 bridgehead atoms. The fourth-order valence-electron chi connectivity index (χ4n) is 3.49. The van der Waals surface area contributed by atoms with Gasteiger partial charge in [0.2, 0.25) is 0 Å². The van der Waals surface area contributed by atoms with Crippen LogP contribution in [0.1, 0.15) is 36.9 Å². The van der Waals surface area contributed by atoms with Crippen molar-refractivity contribution >= 4 is 19.4 Å². The lowest BCUT2D eigenvalue weighted by Crippen LogP contribution is -2.49. The lowest BCUT2D eigenvalue weighted by molar-refractivity contribution is -0.0718. The number of ether oxygens (including phenoxy) is 1. The van der Waals surface area contributed by atoms with Crippen LogP contribution in [-0.2, 0) is 10.3 Å². The van der Waals surface area contributed by atoms with Crippen molar-refractivity contribution in [2.45, 2.75) is 31.4 Å². The highest BCUT2D eigenvalue weighted by Crippen LogP contribution is 2.39. The summed E-state index contributed by atoms with van der Waals surface area (Å²) in [5, 5.41) is 9.51. The zero-order valence-electron chi connectivity index (χ0n) is 14.8. The van der Waals surface area contributed by atoms with E-state index in [4.69, 9.17) is 4.74 Å². The topological polar surface area (TPSA) is 49.8 Å². The molecular weight excluding hydrogens is 313 g/mol. The number of aliphatic hydroxyl groups is 1. The Labute approximate surface area is 149 Å². The fourth-order valence-corrected chi connectivity index (χ4v) is 3.49. The minimum atomic E-state index is -0.739. The van der Waals surface area contributed by atoms with E-state index in [0.29, 0.717) is 19.4 Å². The quantitative estimate of drug-likeness (QED) is 0.851. The molecule has 1 amide bonds. The summed E-state index contributed by atoms with van der Waals surface area (Å²) in [5.74, 6) is 0. The number of benzene rings is 2. The van der Waals surface area contributed by atoms with Crippen LogP contribution in [-0.4, -0.2) is 37.1 Å². The second-order valence-electron chi connectivity index (χ2n) is 6.73. The van der Waals surface area contributed by atoms with Crippen LogP contribution in [0.25, 0.3) is 0 Å². The lowest BCUT2D eigenvalue weighted by Gasteiger charge is -2.43. The molecule has 0 aromatic heterocycles. The van der Waals surface area contributed by atoms with Gasteiger partial charge in [0, 0.05) is 26.0 Å². The van der Waals surface area contributed by atoms with Gasteiger partial charge in [-0.15, -0.1) is 0 Å². The third-order valence-electron chi connectivity index (χ3n) is 5.12. The van der Waals surface area contributed by atoms with Gasteiger partial charge in [-0.25, -0.2) is 4.79 Å². The Hall–Kier alpha value is -2.27. The molecule has 0 aliphatic carbocycles. The molecule has 1 heterocycles. The molecular formula is C20H24BNO3. The highest BCUT2D eigenvalue weighted by Gasteiger charge is 2.43. The second kappa shape index (κ2) is 7.32. The molecule has 2 aromatic carbocycles. The summed E-state index contributed by atoms with van der Waals surface area (Å²) in [6, 6.07) is 17.9. The number of amides is 1. The molecule has 5 heteroatoms. The van der Waals surface area contributed by atoms with E-state index in [1.807, 2.05) is 45.1 Å². The van der Waals surface area contributed by atoms with Gasteiger partial charge in [-0.1, -0.05) is 60.1 Å². The van der Waals surface area contributed by atoms with Crippen molar-refractivity contribution in [3.05, 3.63) is 65.7 Å². The van der Waals surface area contributed by atoms with Crippen molar-refractivity contribution in [2.75, 3.05) is 13.2 Å². The Kier molecular flexibility index (Phi) is 5.14. The van der Waals surface area contributed by atoms with Crippen molar-refractivity contribution in [1.29, 1.82) is 0 Å². The molecule has 1 aliphatic rings. The molecule has 4 nitrogen and oxygen atoms in total. The summed E-state index contributed by atoms with van der Waals surface area (Å²) in [6.45, 7) is 2.60. The Bertz CT molecular complexity index is 719. The highest BCUT2D eigenvalue weighted by atomic mass is 16.6. The van der Waals surface area contributed by atoms with Gasteiger partial charge in [-0.05, 0) is 18.1 Å². The van der Waals surface area contributed by atoms with Crippen LogP contribution >= 0.6 is 0 Å². The van der Waals surface area contributed by atoms with Crippen molar-refractivity contribution < 1.29 is 14.6 Å². The number of rotatable bonds is 5. The third kappa shape index (κ3) is 3.56. The van der Waals surface area contributed by atoms with Crippen molar-refractivity contribution in [3.8, 4) is 0 Å². The molecule has 2 aromatic rings. The first-order valence-electron chi connectivity index (χ1n) is 8.78. The van der Waals surface area contributed by atoms with E-state index in [-0.39, 0.29) is 18.7 Å². The molecule has 1 saturated heterocycles. The van der Waals surface area contributed by atoms with Crippen LogP contribution in [0, 0.1) is 0 Å². The zero-order chi connectivity index (χ0) is 17.9. The summed E-state index contributed by atoms with van der Waals surface area (Å²) in [4.78, 5) is 14.5. The van der Waals surface area contributed by atoms with Gasteiger partial charge in [-0.2, -0.15) is 0 Å². The van der Waals surface area contributed by atoms with E-state index >= 15 is 0 Å². The smallest absolute Gasteiger partial charge is 0.411 e. The molecule has 130 valence electrons. The van der Waals surface area contributed by atoms with Gasteiger partial charge in [0.05, 0.1) is 6.04 Å². The maximum atomic E-state index is 12.8. The number of hydrogen-bond donors (Lipinski definition) is 1. The first-order chi connectivity index (χ1) is 12.1. The number of nitrogens with zero attached hydrogens (tertiary/aromatic N) is 1. The van der Waals surface area contributed by atoms with Gasteiger partial charge in [0.1, 0.15) is 13.4 Å². The molecule has 25 heavy (non-hydrogen) atoms. The molecule has 0 radical (unpaired) electrons. The first kappa shape index (κ1) is 17.6.